The predicted octanol–water partition coefficient (Wildman–Crippen LogP) is 9.60. The summed E-state index contributed by atoms with van der Waals surface area (Å²) in [5, 5.41) is 1.31. The van der Waals surface area contributed by atoms with Gasteiger partial charge in [0.15, 0.2) is 24.6 Å². The van der Waals surface area contributed by atoms with Crippen LogP contribution in [0.3, 0.4) is 0 Å². The third kappa shape index (κ3) is 12.1. The molecule has 5 atom stereocenters. The van der Waals surface area contributed by atoms with Crippen LogP contribution in [0.5, 0.6) is 0 Å². The lowest BCUT2D eigenvalue weighted by molar-refractivity contribution is -0.461. The van der Waals surface area contributed by atoms with Crippen molar-refractivity contribution in [1.82, 2.24) is 0 Å². The number of rotatable bonds is 22. The lowest BCUT2D eigenvalue weighted by Crippen LogP contribution is -2.74. The van der Waals surface area contributed by atoms with E-state index in [4.69, 9.17) is 33.2 Å². The van der Waals surface area contributed by atoms with Crippen LogP contribution in [0.25, 0.3) is 0 Å². The Morgan fingerprint density at radius 2 is 0.946 bits per heavy atom. The Kier molecular flexibility index (Phi) is 18.8. The van der Waals surface area contributed by atoms with Crippen LogP contribution in [0.1, 0.15) is 46.1 Å². The molecule has 3 aromatic carbocycles. The summed E-state index contributed by atoms with van der Waals surface area (Å²) < 4.78 is 274. The van der Waals surface area contributed by atoms with E-state index in [-0.39, 0.29) is 24.9 Å². The van der Waals surface area contributed by atoms with Crippen molar-refractivity contribution in [2.24, 2.45) is 4.74 Å². The zero-order valence-corrected chi connectivity index (χ0v) is 39.5. The quantitative estimate of drug-likeness (QED) is 0.0315. The van der Waals surface area contributed by atoms with Crippen molar-refractivity contribution in [3.05, 3.63) is 90.5 Å². The average molecular weight is 1110 g/mol. The highest BCUT2D eigenvalue weighted by molar-refractivity contribution is 7.87. The van der Waals surface area contributed by atoms with Gasteiger partial charge in [-0.1, -0.05) is 84.9 Å². The SMILES string of the molecule is CC(=O)OC[C@H]1O[C@H](OCCCN=P(c2ccccc2)(c2ccccc2)c2ccc(CCC(F)(F)C(F)(F)C(F)(F)C(F)(F)C(F)(F)C(F)(F)C(F)(F)C(F)(F)F)cc2)[C@@H](OC(C)=O)[C@@H](OC(C)=O)[C@@H]1OC(C)=O. The summed E-state index contributed by atoms with van der Waals surface area (Å²) >= 11 is 0. The van der Waals surface area contributed by atoms with E-state index in [2.05, 4.69) is 0 Å². The van der Waals surface area contributed by atoms with Crippen LogP contribution in [0.4, 0.5) is 74.6 Å². The van der Waals surface area contributed by atoms with Crippen LogP contribution in [0, 0.1) is 0 Å². The Labute approximate surface area is 409 Å². The molecule has 0 aromatic heterocycles. The Morgan fingerprint density at radius 1 is 0.527 bits per heavy atom. The zero-order chi connectivity index (χ0) is 56.1. The van der Waals surface area contributed by atoms with Crippen molar-refractivity contribution >= 4 is 46.8 Å². The molecule has 0 N–H and O–H groups in total. The van der Waals surface area contributed by atoms with Gasteiger partial charge in [0.2, 0.25) is 0 Å². The number of benzene rings is 3. The summed E-state index contributed by atoms with van der Waals surface area (Å²) in [5.74, 6) is -60.6. The van der Waals surface area contributed by atoms with Crippen molar-refractivity contribution in [1.29, 1.82) is 0 Å². The Balaban J connectivity index is 1.68. The number of hydrogen-bond acceptors (Lipinski definition) is 11. The maximum atomic E-state index is 14.9. The number of alkyl halides is 17. The van der Waals surface area contributed by atoms with Gasteiger partial charge in [-0.15, -0.1) is 0 Å². The molecular formula is C45H43F17NO10P. The fourth-order valence-electron chi connectivity index (χ4n) is 7.32. The minimum Gasteiger partial charge on any atom is -0.463 e. The van der Waals surface area contributed by atoms with Crippen molar-refractivity contribution < 1.29 is 122 Å². The summed E-state index contributed by atoms with van der Waals surface area (Å²) in [6.07, 6.45) is -19.6. The third-order valence-corrected chi connectivity index (χ3v) is 14.7. The molecule has 1 heterocycles. The van der Waals surface area contributed by atoms with Gasteiger partial charge >= 0.3 is 71.5 Å². The van der Waals surface area contributed by atoms with Gasteiger partial charge in [-0.2, -0.15) is 74.6 Å². The maximum absolute atomic E-state index is 14.9. The number of aryl methyl sites for hydroxylation is 1. The number of esters is 4. The van der Waals surface area contributed by atoms with E-state index in [0.717, 1.165) is 39.8 Å². The fourth-order valence-corrected chi connectivity index (χ4v) is 10.9. The molecule has 0 bridgehead atoms. The standard InChI is InChI=1S/C45H43F17NO10P/c1-25(64)69-24-33-34(70-26(2)65)35(71-27(3)66)36(72-28(4)67)37(73-33)68-23-11-22-63-74(30-12-7-5-8-13-30,31-14-9-6-10-15-31)32-18-16-29(17-19-32)20-21-38(46,47)39(48,49)40(50,51)41(52,53)42(54,55)43(56,57)44(58,59)45(60,61)62/h5-10,12-19,33-37H,11,20-24H2,1-4H3/t33-,34-,35+,36+,37+/m1/s1. The van der Waals surface area contributed by atoms with Crippen molar-refractivity contribution in [2.75, 3.05) is 19.8 Å². The monoisotopic (exact) mass is 1110 g/mol. The van der Waals surface area contributed by atoms with Crippen LogP contribution in [-0.4, -0.2) is 122 Å². The van der Waals surface area contributed by atoms with Gasteiger partial charge in [0.1, 0.15) is 12.7 Å². The summed E-state index contributed by atoms with van der Waals surface area (Å²) in [4.78, 5) is 48.3. The zero-order valence-electron chi connectivity index (χ0n) is 38.6. The van der Waals surface area contributed by atoms with Crippen molar-refractivity contribution in [3.8, 4) is 0 Å². The molecule has 0 amide bonds. The van der Waals surface area contributed by atoms with E-state index in [9.17, 15) is 93.8 Å². The molecule has 74 heavy (non-hydrogen) atoms. The van der Waals surface area contributed by atoms with E-state index in [1.807, 2.05) is 0 Å². The summed E-state index contributed by atoms with van der Waals surface area (Å²) in [7, 11) is -3.32. The highest BCUT2D eigenvalue weighted by Gasteiger charge is 2.95. The first kappa shape index (κ1) is 61.1. The van der Waals surface area contributed by atoms with E-state index >= 15 is 0 Å². The number of ether oxygens (including phenoxy) is 6. The van der Waals surface area contributed by atoms with Gasteiger partial charge in [-0.3, -0.25) is 23.9 Å². The topological polar surface area (TPSA) is 136 Å². The molecule has 29 heteroatoms. The molecule has 0 unspecified atom stereocenters. The first-order chi connectivity index (χ1) is 33.9. The van der Waals surface area contributed by atoms with Gasteiger partial charge in [-0.25, -0.2) is 0 Å². The molecule has 1 aliphatic rings. The molecule has 1 aliphatic heterocycles. The lowest BCUT2D eigenvalue weighted by atomic mass is 9.87. The normalized spacial score (nSPS) is 19.6. The Bertz CT molecular complexity index is 2440. The molecule has 0 saturated carbocycles. The smallest absolute Gasteiger partial charge is 0.460 e. The summed E-state index contributed by atoms with van der Waals surface area (Å²) in [5.41, 5.74) is -0.460. The number of carbonyl (C=O) groups excluding carboxylic acids is 4. The molecular weight excluding hydrogens is 1070 g/mol. The number of halogens is 17. The highest BCUT2D eigenvalue weighted by Crippen LogP contribution is 2.64. The van der Waals surface area contributed by atoms with Crippen LogP contribution < -0.4 is 15.9 Å². The minimum atomic E-state index is -8.73. The van der Waals surface area contributed by atoms with Crippen molar-refractivity contribution in [3.63, 3.8) is 0 Å². The van der Waals surface area contributed by atoms with Crippen LogP contribution >= 0.6 is 7.05 Å². The third-order valence-electron chi connectivity index (χ3n) is 10.9. The highest BCUT2D eigenvalue weighted by atomic mass is 31.2. The number of carbonyl (C=O) groups is 4. The molecule has 0 spiro atoms. The molecule has 412 valence electrons. The Hall–Kier alpha value is -5.50. The summed E-state index contributed by atoms with van der Waals surface area (Å²) in [6, 6.07) is 20.7. The van der Waals surface area contributed by atoms with E-state index in [0.29, 0.717) is 10.6 Å². The molecule has 0 radical (unpaired) electrons. The minimum absolute atomic E-state index is 0.00627. The number of nitrogens with zero attached hydrogens (tertiary/aromatic N) is 1. The van der Waals surface area contributed by atoms with Gasteiger partial charge < -0.3 is 28.4 Å². The molecule has 11 nitrogen and oxygen atoms in total. The number of hydrogen-bond donors (Lipinski definition) is 0. The largest absolute Gasteiger partial charge is 0.463 e. The second-order valence-electron chi connectivity index (χ2n) is 16.3. The van der Waals surface area contributed by atoms with E-state index in [1.165, 1.54) is 12.1 Å². The van der Waals surface area contributed by atoms with Crippen LogP contribution in [0.2, 0.25) is 0 Å². The molecule has 0 aliphatic carbocycles. The fraction of sp³-hybridized carbons (Fsp3) is 0.511. The maximum Gasteiger partial charge on any atom is 0.460 e. The van der Waals surface area contributed by atoms with Crippen LogP contribution in [0.15, 0.2) is 89.7 Å². The molecule has 4 rings (SSSR count). The Morgan fingerprint density at radius 3 is 1.39 bits per heavy atom. The first-order valence-corrected chi connectivity index (χ1v) is 23.1. The van der Waals surface area contributed by atoms with Crippen LogP contribution in [-0.2, 0) is 54.0 Å². The predicted molar refractivity (Wildman–Crippen MR) is 224 cm³/mol. The second-order valence-corrected chi connectivity index (χ2v) is 19.4. The first-order valence-electron chi connectivity index (χ1n) is 21.4. The lowest BCUT2D eigenvalue weighted by Gasteiger charge is -2.44. The van der Waals surface area contributed by atoms with E-state index in [1.54, 1.807) is 60.7 Å². The van der Waals surface area contributed by atoms with Gasteiger partial charge in [0.25, 0.3) is 0 Å². The van der Waals surface area contributed by atoms with Gasteiger partial charge in [0, 0.05) is 56.6 Å². The van der Waals surface area contributed by atoms with Gasteiger partial charge in [0.05, 0.1) is 13.7 Å². The van der Waals surface area contributed by atoms with E-state index < -0.39 is 134 Å². The average Bonchev–Trinajstić information content (AvgIpc) is 3.30. The summed E-state index contributed by atoms with van der Waals surface area (Å²) in [6.45, 7) is 3.10. The molecule has 1 saturated heterocycles. The van der Waals surface area contributed by atoms with Gasteiger partial charge in [-0.05, 0) is 18.4 Å². The van der Waals surface area contributed by atoms with Crippen molar-refractivity contribution in [2.45, 2.75) is 125 Å². The second kappa shape index (κ2) is 22.8. The molecule has 1 fully saturated rings. The molecule has 3 aromatic rings.